The number of nitrogens with two attached hydrogens (primary N) is 1. The second-order valence-corrected chi connectivity index (χ2v) is 5.21. The van der Waals surface area contributed by atoms with Crippen molar-refractivity contribution in [1.82, 2.24) is 14.7 Å². The van der Waals surface area contributed by atoms with E-state index < -0.39 is 5.91 Å². The number of fused-ring (bicyclic) bond motifs is 1. The normalized spacial score (nSPS) is 15.1. The van der Waals surface area contributed by atoms with E-state index in [1.807, 2.05) is 25.2 Å². The average molecular weight is 270 g/mol. The molecule has 0 fully saturated rings. The van der Waals surface area contributed by atoms with Gasteiger partial charge in [-0.3, -0.25) is 14.4 Å². The van der Waals surface area contributed by atoms with Crippen molar-refractivity contribution < 1.29 is 4.79 Å². The number of carbonyl (C=O) groups is 1. The number of carbonyl (C=O) groups excluding carboxylic acids is 1. The van der Waals surface area contributed by atoms with Crippen LogP contribution in [-0.2, 0) is 26.6 Å². The Labute approximate surface area is 118 Å². The van der Waals surface area contributed by atoms with Crippen LogP contribution in [0.1, 0.15) is 27.3 Å². The molecule has 5 heteroatoms. The summed E-state index contributed by atoms with van der Waals surface area (Å²) in [5.74, 6) is -0.441. The largest absolute Gasteiger partial charge is 0.364 e. The standard InChI is InChI=1S/C15H18N4O/c1-18-13-7-8-19(9-11-5-3-2-4-6-11)10-12(13)14(17-18)15(16)20/h2-6H,7-10H2,1H3,(H2,16,20). The van der Waals surface area contributed by atoms with Crippen LogP contribution in [0, 0.1) is 0 Å². The third kappa shape index (κ3) is 2.32. The quantitative estimate of drug-likeness (QED) is 0.907. The molecule has 2 N–H and O–H groups in total. The summed E-state index contributed by atoms with van der Waals surface area (Å²) in [7, 11) is 1.87. The number of primary amides is 1. The molecule has 0 saturated heterocycles. The van der Waals surface area contributed by atoms with Crippen molar-refractivity contribution in [3.05, 3.63) is 52.8 Å². The van der Waals surface area contributed by atoms with Gasteiger partial charge in [-0.25, -0.2) is 0 Å². The molecular weight excluding hydrogens is 252 g/mol. The summed E-state index contributed by atoms with van der Waals surface area (Å²) >= 11 is 0. The molecule has 5 nitrogen and oxygen atoms in total. The summed E-state index contributed by atoms with van der Waals surface area (Å²) in [5, 5.41) is 4.25. The third-order valence-electron chi connectivity index (χ3n) is 3.80. The van der Waals surface area contributed by atoms with Crippen LogP contribution >= 0.6 is 0 Å². The van der Waals surface area contributed by atoms with Crippen LogP contribution in [0.5, 0.6) is 0 Å². The lowest BCUT2D eigenvalue weighted by molar-refractivity contribution is 0.0992. The minimum atomic E-state index is -0.441. The van der Waals surface area contributed by atoms with Gasteiger partial charge in [-0.1, -0.05) is 30.3 Å². The first-order chi connectivity index (χ1) is 9.65. The summed E-state index contributed by atoms with van der Waals surface area (Å²) in [6.45, 7) is 2.59. The first-order valence-electron chi connectivity index (χ1n) is 6.76. The zero-order valence-corrected chi connectivity index (χ0v) is 11.5. The molecule has 1 aromatic heterocycles. The van der Waals surface area contributed by atoms with Crippen LogP contribution in [-0.4, -0.2) is 27.1 Å². The topological polar surface area (TPSA) is 64.2 Å². The van der Waals surface area contributed by atoms with Gasteiger partial charge in [0, 0.05) is 44.4 Å². The molecule has 1 aromatic carbocycles. The highest BCUT2D eigenvalue weighted by atomic mass is 16.1. The van der Waals surface area contributed by atoms with E-state index in [0.29, 0.717) is 5.69 Å². The lowest BCUT2D eigenvalue weighted by atomic mass is 10.0. The number of aryl methyl sites for hydroxylation is 1. The van der Waals surface area contributed by atoms with Crippen LogP contribution in [0.15, 0.2) is 30.3 Å². The SMILES string of the molecule is Cn1nc(C(N)=O)c2c1CCN(Cc1ccccc1)C2. The number of nitrogens with zero attached hydrogens (tertiary/aromatic N) is 3. The van der Waals surface area contributed by atoms with Crippen molar-refractivity contribution in [2.75, 3.05) is 6.54 Å². The van der Waals surface area contributed by atoms with E-state index in [0.717, 1.165) is 37.3 Å². The summed E-state index contributed by atoms with van der Waals surface area (Å²) in [6, 6.07) is 10.3. The summed E-state index contributed by atoms with van der Waals surface area (Å²) < 4.78 is 1.79. The van der Waals surface area contributed by atoms with E-state index in [4.69, 9.17) is 5.73 Å². The number of rotatable bonds is 3. The Hall–Kier alpha value is -2.14. The van der Waals surface area contributed by atoms with E-state index in [2.05, 4.69) is 22.1 Å². The predicted molar refractivity (Wildman–Crippen MR) is 76.0 cm³/mol. The highest BCUT2D eigenvalue weighted by molar-refractivity contribution is 5.92. The maximum atomic E-state index is 11.5. The van der Waals surface area contributed by atoms with Crippen molar-refractivity contribution in [2.45, 2.75) is 19.5 Å². The summed E-state index contributed by atoms with van der Waals surface area (Å²) in [5.41, 5.74) is 9.23. The Balaban J connectivity index is 1.83. The van der Waals surface area contributed by atoms with Crippen molar-refractivity contribution in [3.63, 3.8) is 0 Å². The second kappa shape index (κ2) is 5.09. The van der Waals surface area contributed by atoms with E-state index in [-0.39, 0.29) is 0 Å². The lowest BCUT2D eigenvalue weighted by Gasteiger charge is -2.27. The lowest BCUT2D eigenvalue weighted by Crippen LogP contribution is -2.31. The fraction of sp³-hybridized carbons (Fsp3) is 0.333. The van der Waals surface area contributed by atoms with Gasteiger partial charge in [0.15, 0.2) is 5.69 Å². The number of amides is 1. The molecule has 0 aliphatic carbocycles. The average Bonchev–Trinajstić information content (AvgIpc) is 2.77. The van der Waals surface area contributed by atoms with E-state index in [9.17, 15) is 4.79 Å². The van der Waals surface area contributed by atoms with Gasteiger partial charge in [0.05, 0.1) is 0 Å². The van der Waals surface area contributed by atoms with Crippen LogP contribution in [0.25, 0.3) is 0 Å². The molecule has 1 aliphatic heterocycles. The fourth-order valence-corrected chi connectivity index (χ4v) is 2.82. The predicted octanol–water partition coefficient (Wildman–Crippen LogP) is 1.08. The zero-order chi connectivity index (χ0) is 14.1. The van der Waals surface area contributed by atoms with Gasteiger partial charge in [-0.2, -0.15) is 5.10 Å². The molecule has 104 valence electrons. The highest BCUT2D eigenvalue weighted by Crippen LogP contribution is 2.23. The molecule has 1 amide bonds. The summed E-state index contributed by atoms with van der Waals surface area (Å²) in [4.78, 5) is 13.8. The second-order valence-electron chi connectivity index (χ2n) is 5.21. The third-order valence-corrected chi connectivity index (χ3v) is 3.80. The Morgan fingerprint density at radius 1 is 1.35 bits per heavy atom. The molecule has 2 aromatic rings. The molecule has 0 bridgehead atoms. The van der Waals surface area contributed by atoms with Crippen molar-refractivity contribution in [2.24, 2.45) is 12.8 Å². The smallest absolute Gasteiger partial charge is 0.269 e. The number of hydrogen-bond acceptors (Lipinski definition) is 3. The molecule has 20 heavy (non-hydrogen) atoms. The van der Waals surface area contributed by atoms with Gasteiger partial charge in [0.2, 0.25) is 0 Å². The van der Waals surface area contributed by atoms with Crippen molar-refractivity contribution in [1.29, 1.82) is 0 Å². The van der Waals surface area contributed by atoms with Crippen molar-refractivity contribution >= 4 is 5.91 Å². The van der Waals surface area contributed by atoms with Gasteiger partial charge < -0.3 is 5.73 Å². The van der Waals surface area contributed by atoms with Gasteiger partial charge in [-0.05, 0) is 5.56 Å². The van der Waals surface area contributed by atoms with E-state index >= 15 is 0 Å². The molecule has 0 radical (unpaired) electrons. The van der Waals surface area contributed by atoms with Crippen molar-refractivity contribution in [3.8, 4) is 0 Å². The molecule has 2 heterocycles. The molecule has 0 spiro atoms. The first-order valence-corrected chi connectivity index (χ1v) is 6.76. The number of benzene rings is 1. The maximum Gasteiger partial charge on any atom is 0.269 e. The molecule has 0 unspecified atom stereocenters. The van der Waals surface area contributed by atoms with Crippen LogP contribution in [0.4, 0.5) is 0 Å². The number of hydrogen-bond donors (Lipinski definition) is 1. The molecule has 0 atom stereocenters. The van der Waals surface area contributed by atoms with E-state index in [1.54, 1.807) is 4.68 Å². The van der Waals surface area contributed by atoms with Gasteiger partial charge in [0.25, 0.3) is 5.91 Å². The van der Waals surface area contributed by atoms with Crippen LogP contribution < -0.4 is 5.73 Å². The monoisotopic (exact) mass is 270 g/mol. The Morgan fingerprint density at radius 3 is 2.80 bits per heavy atom. The molecule has 3 rings (SSSR count). The fourth-order valence-electron chi connectivity index (χ4n) is 2.82. The van der Waals surface area contributed by atoms with E-state index in [1.165, 1.54) is 5.56 Å². The Kier molecular flexibility index (Phi) is 3.28. The van der Waals surface area contributed by atoms with Gasteiger partial charge in [-0.15, -0.1) is 0 Å². The number of aromatic nitrogens is 2. The van der Waals surface area contributed by atoms with Gasteiger partial charge in [0.1, 0.15) is 0 Å². The summed E-state index contributed by atoms with van der Waals surface area (Å²) in [6.07, 6.45) is 0.902. The Morgan fingerprint density at radius 2 is 2.10 bits per heavy atom. The van der Waals surface area contributed by atoms with Crippen LogP contribution in [0.3, 0.4) is 0 Å². The van der Waals surface area contributed by atoms with Gasteiger partial charge >= 0.3 is 0 Å². The zero-order valence-electron chi connectivity index (χ0n) is 11.5. The minimum absolute atomic E-state index is 0.417. The highest BCUT2D eigenvalue weighted by Gasteiger charge is 2.25. The maximum absolute atomic E-state index is 11.5. The molecule has 1 aliphatic rings. The molecule has 0 saturated carbocycles. The minimum Gasteiger partial charge on any atom is -0.364 e. The Bertz CT molecular complexity index is 633. The molecular formula is C15H18N4O. The first kappa shape index (κ1) is 12.9. The van der Waals surface area contributed by atoms with Crippen LogP contribution in [0.2, 0.25) is 0 Å².